The highest BCUT2D eigenvalue weighted by atomic mass is 16.6. The van der Waals surface area contributed by atoms with E-state index in [0.717, 1.165) is 51.1 Å². The normalized spacial score (nSPS) is 17.1. The molecular weight excluding hydrogens is 1720 g/mol. The number of piperazine rings is 3. The molecule has 15 N–H and O–H groups in total. The Bertz CT molecular complexity index is 5310. The van der Waals surface area contributed by atoms with E-state index in [2.05, 4.69) is 149 Å². The van der Waals surface area contributed by atoms with Gasteiger partial charge in [-0.25, -0.2) is 14.4 Å². The number of aliphatic carboxylic acids is 1. The minimum atomic E-state index is -1.02. The summed E-state index contributed by atoms with van der Waals surface area (Å²) >= 11 is 0. The first kappa shape index (κ1) is 101. The summed E-state index contributed by atoms with van der Waals surface area (Å²) in [6.45, 7) is 12.0. The molecule has 8 aromatic carbocycles. The molecule has 32 nitrogen and oxygen atoms in total. The summed E-state index contributed by atoms with van der Waals surface area (Å²) in [6, 6.07) is 61.2. The number of fused-ring (bicyclic) bond motifs is 12. The number of nitrogens with one attached hydrogen (secondary N) is 12. The van der Waals surface area contributed by atoms with Crippen molar-refractivity contribution in [3.05, 3.63) is 239 Å². The van der Waals surface area contributed by atoms with Crippen molar-refractivity contribution in [2.24, 2.45) is 5.73 Å². The number of hydrogen-bond donors (Lipinski definition) is 14. The number of carbonyl (C=O) groups is 14. The van der Waals surface area contributed by atoms with Gasteiger partial charge in [0.15, 0.2) is 0 Å². The SMILES string of the molecule is CCN.CCNC(=O)CC[C@@H]1NC(=O)[C@H](CCCCNC(=O)CC(=O)OCC2c3ccccc3-c3ccccc32)NC1=O.CCNC(=O)CC[C@@H]1NC(=O)[C@H](CCCCNC(=O)OCC2c3ccccc3-c3ccccc32)NC1=O.CCNC(=O)OCC1c2ccccc2-c2ccccc21.O=C(O)CC[C@@H]1NC(=O)[C@H](CCCCNC(=O)OCC2c3ccccc3-c3ccccc32)NC1=O. The number of nitrogens with two attached hydrogens (primary N) is 1. The van der Waals surface area contributed by atoms with E-state index in [1.165, 1.54) is 44.5 Å². The predicted molar refractivity (Wildman–Crippen MR) is 508 cm³/mol. The van der Waals surface area contributed by atoms with Gasteiger partial charge in [-0.15, -0.1) is 0 Å². The van der Waals surface area contributed by atoms with E-state index in [1.54, 1.807) is 0 Å². The second kappa shape index (κ2) is 51.7. The van der Waals surface area contributed by atoms with Gasteiger partial charge in [0.1, 0.15) is 69.1 Å². The van der Waals surface area contributed by atoms with Gasteiger partial charge in [-0.3, -0.25) is 52.7 Å². The molecule has 3 fully saturated rings. The first-order chi connectivity index (χ1) is 65.5. The van der Waals surface area contributed by atoms with Crippen LogP contribution >= 0.6 is 0 Å². The van der Waals surface area contributed by atoms with Gasteiger partial charge < -0.3 is 93.6 Å². The number of carbonyl (C=O) groups excluding carboxylic acids is 13. The minimum absolute atomic E-state index is 0.000833. The second-order valence-corrected chi connectivity index (χ2v) is 33.5. The van der Waals surface area contributed by atoms with E-state index in [4.69, 9.17) is 29.8 Å². The molecule has 714 valence electrons. The van der Waals surface area contributed by atoms with Crippen molar-refractivity contribution in [3.63, 3.8) is 0 Å². The molecule has 7 aliphatic rings. The lowest BCUT2D eigenvalue weighted by Gasteiger charge is -2.29. The fraction of sp³-hybridized carbons (Fsp3) is 0.398. The Balaban J connectivity index is 0.000000175. The van der Waals surface area contributed by atoms with Crippen molar-refractivity contribution in [3.8, 4) is 44.5 Å². The summed E-state index contributed by atoms with van der Waals surface area (Å²) in [5.41, 5.74) is 23.6. The van der Waals surface area contributed by atoms with E-state index < -0.39 is 66.3 Å². The Kier molecular flexibility index (Phi) is 38.7. The fourth-order valence-electron chi connectivity index (χ4n) is 17.6. The Labute approximate surface area is 785 Å². The van der Waals surface area contributed by atoms with E-state index in [-0.39, 0.29) is 142 Å². The molecule has 0 radical (unpaired) electrons. The standard InChI is InChI=1S/C30H36N4O6.C28H34N4O5.C26H29N3O6.C17H17NO2.C2H7N/c1-2-31-26(35)15-14-25-30(39)33-24(29(38)34-25)13-7-8-16-32-27(36)17-28(37)40-18-23-21-11-5-3-9-19(21)20-10-4-6-12-22(20)23;1-2-29-25(33)15-14-24-27(35)31-23(26(34)32-24)13-7-8-16-30-28(36)37-17-22-20-11-5-3-9-18(20)19-10-4-6-12-21(19)22;30-23(31)13-12-22-25(33)28-21(24(32)29-22)11-5-6-14-27-26(34)35-15-20-18-9-3-1-7-16(18)17-8-2-4-10-19(17)20;1-2-18-17(19)20-11-16-14-9-5-3-7-12(14)13-8-4-6-10-15(13)16;1-2-3/h3-6,9-12,23-25H,2,7-8,13-18H2,1H3,(H,31,35)(H,32,36)(H,33,39)(H,34,38);3-6,9-12,22-24H,2,7-8,13-17H2,1H3,(H,29,33)(H,30,36)(H,31,35)(H,32,34);1-4,7-10,20-22H,5-6,11-15H2,(H,27,34)(H,28,33)(H,29,32)(H,30,31);3-10,16H,2,11H2,1H3,(H,18,19);2-3H2,1H3/t24-,25-;23-,24-;21-,22-;;/m000../s1. The average molecular weight is 1850 g/mol. The third kappa shape index (κ3) is 28.4. The maximum absolute atomic E-state index is 12.4. The van der Waals surface area contributed by atoms with Crippen LogP contribution in [0.2, 0.25) is 0 Å². The van der Waals surface area contributed by atoms with Gasteiger partial charge in [-0.1, -0.05) is 201 Å². The lowest BCUT2D eigenvalue weighted by atomic mass is 9.98. The molecular formula is C103H123N13O19. The van der Waals surface area contributed by atoms with Gasteiger partial charge in [0.05, 0.1) is 0 Å². The quantitative estimate of drug-likeness (QED) is 0.00744. The summed E-state index contributed by atoms with van der Waals surface area (Å²) in [7, 11) is 0. The lowest BCUT2D eigenvalue weighted by Crippen LogP contribution is -2.61. The maximum Gasteiger partial charge on any atom is 0.407 e. The number of hydrogen-bond acceptors (Lipinski definition) is 19. The molecule has 3 aliphatic heterocycles. The molecule has 0 aromatic heterocycles. The molecule has 3 heterocycles. The van der Waals surface area contributed by atoms with Gasteiger partial charge in [0.25, 0.3) is 0 Å². The van der Waals surface area contributed by atoms with Gasteiger partial charge in [0.2, 0.25) is 53.2 Å². The molecule has 15 rings (SSSR count). The number of unbranched alkanes of at least 4 members (excludes halogenated alkanes) is 3. The van der Waals surface area contributed by atoms with Crippen LogP contribution in [0.3, 0.4) is 0 Å². The smallest absolute Gasteiger partial charge is 0.407 e. The number of ether oxygens (including phenoxy) is 4. The largest absolute Gasteiger partial charge is 0.481 e. The van der Waals surface area contributed by atoms with Gasteiger partial charge in [0, 0.05) is 82.2 Å². The molecule has 12 amide bonds. The lowest BCUT2D eigenvalue weighted by molar-refractivity contribution is -0.147. The van der Waals surface area contributed by atoms with Crippen LogP contribution in [0.5, 0.6) is 0 Å². The number of rotatable bonds is 37. The summed E-state index contributed by atoms with van der Waals surface area (Å²) in [5, 5.41) is 41.0. The summed E-state index contributed by atoms with van der Waals surface area (Å²) in [4.78, 5) is 168. The molecule has 6 atom stereocenters. The Hall–Kier alpha value is -14.3. The third-order valence-corrected chi connectivity index (χ3v) is 24.2. The van der Waals surface area contributed by atoms with Crippen molar-refractivity contribution in [1.82, 2.24) is 63.8 Å². The topological polar surface area (TPSA) is 467 Å². The van der Waals surface area contributed by atoms with Crippen molar-refractivity contribution in [2.45, 2.75) is 190 Å². The third-order valence-electron chi connectivity index (χ3n) is 24.2. The van der Waals surface area contributed by atoms with Crippen LogP contribution in [-0.4, -0.2) is 197 Å². The van der Waals surface area contributed by atoms with E-state index in [0.29, 0.717) is 104 Å². The maximum atomic E-state index is 12.4. The molecule has 0 saturated carbocycles. The summed E-state index contributed by atoms with van der Waals surface area (Å²) < 4.78 is 21.9. The molecule has 0 spiro atoms. The van der Waals surface area contributed by atoms with Crippen molar-refractivity contribution in [1.29, 1.82) is 0 Å². The van der Waals surface area contributed by atoms with Gasteiger partial charge >= 0.3 is 30.2 Å². The predicted octanol–water partition coefficient (Wildman–Crippen LogP) is 10.6. The van der Waals surface area contributed by atoms with E-state index in [1.807, 2.05) is 137 Å². The van der Waals surface area contributed by atoms with Crippen LogP contribution < -0.4 is 69.5 Å². The molecule has 4 aliphatic carbocycles. The highest BCUT2D eigenvalue weighted by molar-refractivity contribution is 5.99. The first-order valence-electron chi connectivity index (χ1n) is 46.7. The van der Waals surface area contributed by atoms with E-state index >= 15 is 0 Å². The van der Waals surface area contributed by atoms with Crippen molar-refractivity contribution < 1.29 is 91.2 Å². The molecule has 0 bridgehead atoms. The number of carboxylic acids is 1. The highest BCUT2D eigenvalue weighted by Gasteiger charge is 2.39. The van der Waals surface area contributed by atoms with Gasteiger partial charge in [-0.2, -0.15) is 0 Å². The second-order valence-electron chi connectivity index (χ2n) is 33.5. The zero-order chi connectivity index (χ0) is 96.1. The molecule has 3 saturated heterocycles. The monoisotopic (exact) mass is 1850 g/mol. The number of alkyl carbamates (subject to hydrolysis) is 3. The molecule has 32 heteroatoms. The number of esters is 1. The molecule has 0 unspecified atom stereocenters. The Morgan fingerprint density at radius 1 is 0.289 bits per heavy atom. The van der Waals surface area contributed by atoms with Crippen LogP contribution in [0.1, 0.15) is 199 Å². The fourth-order valence-corrected chi connectivity index (χ4v) is 17.6. The molecule has 8 aromatic rings. The zero-order valence-electron chi connectivity index (χ0n) is 76.7. The zero-order valence-corrected chi connectivity index (χ0v) is 76.7. The van der Waals surface area contributed by atoms with Crippen LogP contribution in [-0.2, 0) is 71.7 Å². The molecule has 135 heavy (non-hydrogen) atoms. The summed E-state index contributed by atoms with van der Waals surface area (Å²) in [5.74, 6) is -4.02. The van der Waals surface area contributed by atoms with Crippen LogP contribution in [0.15, 0.2) is 194 Å². The summed E-state index contributed by atoms with van der Waals surface area (Å²) in [6.07, 6.45) is 4.03. The van der Waals surface area contributed by atoms with Crippen LogP contribution in [0, 0.1) is 0 Å². The first-order valence-corrected chi connectivity index (χ1v) is 46.7. The highest BCUT2D eigenvalue weighted by Crippen LogP contribution is 2.48. The number of benzene rings is 8. The number of carboxylic acid groups (broad SMARTS) is 1. The Morgan fingerprint density at radius 3 is 0.763 bits per heavy atom. The Morgan fingerprint density at radius 2 is 0.511 bits per heavy atom. The van der Waals surface area contributed by atoms with Gasteiger partial charge in [-0.05, 0) is 193 Å². The van der Waals surface area contributed by atoms with Crippen LogP contribution in [0.25, 0.3) is 44.5 Å². The average Bonchev–Trinajstić information content (AvgIpc) is 1.63. The van der Waals surface area contributed by atoms with Crippen molar-refractivity contribution >= 4 is 83.4 Å². The van der Waals surface area contributed by atoms with Crippen LogP contribution in [0.4, 0.5) is 14.4 Å². The van der Waals surface area contributed by atoms with E-state index in [9.17, 15) is 67.1 Å². The minimum Gasteiger partial charge on any atom is -0.481 e. The number of amides is 12. The van der Waals surface area contributed by atoms with Crippen molar-refractivity contribution in [2.75, 3.05) is 72.2 Å².